The Morgan fingerprint density at radius 1 is 1.19 bits per heavy atom. The van der Waals surface area contributed by atoms with Crippen LogP contribution in [0, 0.1) is 11.6 Å². The molecule has 0 fully saturated rings. The van der Waals surface area contributed by atoms with E-state index in [4.69, 9.17) is 16.7 Å². The number of aromatic carboxylic acids is 1. The third kappa shape index (κ3) is 2.34. The van der Waals surface area contributed by atoms with Crippen LogP contribution in [0.2, 0.25) is 5.02 Å². The summed E-state index contributed by atoms with van der Waals surface area (Å²) in [7, 11) is 0. The molecule has 106 valence electrons. The maximum Gasteiger partial charge on any atom is 0.338 e. The average molecular weight is 309 g/mol. The quantitative estimate of drug-likeness (QED) is 0.755. The van der Waals surface area contributed by atoms with E-state index in [0.29, 0.717) is 5.56 Å². The largest absolute Gasteiger partial charge is 0.478 e. The summed E-state index contributed by atoms with van der Waals surface area (Å²) >= 11 is 5.93. The molecule has 21 heavy (non-hydrogen) atoms. The van der Waals surface area contributed by atoms with E-state index in [1.165, 1.54) is 12.1 Å². The number of hydrogen-bond donors (Lipinski definition) is 2. The first-order valence-electron chi connectivity index (χ1n) is 5.83. The van der Waals surface area contributed by atoms with Gasteiger partial charge in [0, 0.05) is 5.56 Å². The Kier molecular flexibility index (Phi) is 3.10. The van der Waals surface area contributed by atoms with E-state index in [2.05, 4.69) is 9.97 Å². The van der Waals surface area contributed by atoms with Crippen molar-refractivity contribution in [1.29, 1.82) is 0 Å². The third-order valence-corrected chi connectivity index (χ3v) is 3.28. The molecule has 3 rings (SSSR count). The summed E-state index contributed by atoms with van der Waals surface area (Å²) < 4.78 is 26.5. The molecule has 0 spiro atoms. The number of nitrogens with zero attached hydrogens (tertiary/aromatic N) is 1. The fourth-order valence-corrected chi connectivity index (χ4v) is 2.31. The first-order chi connectivity index (χ1) is 9.95. The maximum atomic E-state index is 13.4. The van der Waals surface area contributed by atoms with Gasteiger partial charge >= 0.3 is 5.97 Å². The molecule has 0 radical (unpaired) electrons. The molecule has 0 atom stereocenters. The van der Waals surface area contributed by atoms with Crippen LogP contribution < -0.4 is 0 Å². The number of carbonyl (C=O) groups is 1. The highest BCUT2D eigenvalue weighted by Crippen LogP contribution is 2.29. The summed E-state index contributed by atoms with van der Waals surface area (Å²) in [5.74, 6) is -2.25. The van der Waals surface area contributed by atoms with Gasteiger partial charge in [-0.05, 0) is 30.3 Å². The Morgan fingerprint density at radius 3 is 2.62 bits per heavy atom. The number of aromatic nitrogens is 2. The minimum absolute atomic E-state index is 0.110. The van der Waals surface area contributed by atoms with E-state index in [1.807, 2.05) is 0 Å². The lowest BCUT2D eigenvalue weighted by molar-refractivity contribution is 0.0698. The van der Waals surface area contributed by atoms with E-state index in [0.717, 1.165) is 18.2 Å². The van der Waals surface area contributed by atoms with Crippen LogP contribution in [0.25, 0.3) is 22.4 Å². The highest BCUT2D eigenvalue weighted by Gasteiger charge is 2.17. The molecule has 1 aromatic heterocycles. The zero-order valence-electron chi connectivity index (χ0n) is 10.3. The predicted octanol–water partition coefficient (Wildman–Crippen LogP) is 3.86. The summed E-state index contributed by atoms with van der Waals surface area (Å²) in [6.07, 6.45) is 0. The molecule has 0 aliphatic rings. The monoisotopic (exact) mass is 308 g/mol. The Morgan fingerprint density at radius 2 is 1.95 bits per heavy atom. The van der Waals surface area contributed by atoms with Gasteiger partial charge < -0.3 is 10.1 Å². The minimum Gasteiger partial charge on any atom is -0.478 e. The fraction of sp³-hybridized carbons (Fsp3) is 0. The van der Waals surface area contributed by atoms with Crippen LogP contribution in [0.15, 0.2) is 30.3 Å². The van der Waals surface area contributed by atoms with Gasteiger partial charge in [-0.15, -0.1) is 0 Å². The molecule has 0 aliphatic heterocycles. The van der Waals surface area contributed by atoms with Crippen molar-refractivity contribution in [2.75, 3.05) is 0 Å². The van der Waals surface area contributed by atoms with E-state index in [9.17, 15) is 13.6 Å². The number of fused-ring (bicyclic) bond motifs is 1. The van der Waals surface area contributed by atoms with Crippen molar-refractivity contribution < 1.29 is 18.7 Å². The Balaban J connectivity index is 2.26. The molecule has 0 saturated carbocycles. The summed E-state index contributed by atoms with van der Waals surface area (Å²) in [5, 5.41) is 9.20. The number of H-pyrrole nitrogens is 1. The van der Waals surface area contributed by atoms with E-state index >= 15 is 0 Å². The molecule has 1 heterocycles. The highest BCUT2D eigenvalue weighted by atomic mass is 35.5. The second kappa shape index (κ2) is 4.82. The van der Waals surface area contributed by atoms with Crippen LogP contribution in [0.4, 0.5) is 8.78 Å². The number of halogens is 3. The van der Waals surface area contributed by atoms with Gasteiger partial charge in [0.25, 0.3) is 0 Å². The normalized spacial score (nSPS) is 11.0. The van der Waals surface area contributed by atoms with E-state index in [-0.39, 0.29) is 27.4 Å². The molecule has 4 nitrogen and oxygen atoms in total. The van der Waals surface area contributed by atoms with E-state index < -0.39 is 17.6 Å². The third-order valence-electron chi connectivity index (χ3n) is 2.97. The summed E-state index contributed by atoms with van der Waals surface area (Å²) in [5.41, 5.74) is 0.471. The number of hydrogen-bond acceptors (Lipinski definition) is 2. The fourth-order valence-electron chi connectivity index (χ4n) is 2.05. The molecule has 0 bridgehead atoms. The summed E-state index contributed by atoms with van der Waals surface area (Å²) in [4.78, 5) is 18.0. The lowest BCUT2D eigenvalue weighted by atomic mass is 10.2. The molecular weight excluding hydrogens is 302 g/mol. The van der Waals surface area contributed by atoms with Gasteiger partial charge in [0.15, 0.2) is 0 Å². The number of nitrogens with one attached hydrogen (secondary N) is 1. The molecular formula is C14H7ClF2N2O2. The van der Waals surface area contributed by atoms with Crippen LogP contribution in [-0.2, 0) is 0 Å². The molecule has 0 saturated heterocycles. The van der Waals surface area contributed by atoms with E-state index in [1.54, 1.807) is 0 Å². The number of rotatable bonds is 2. The first kappa shape index (κ1) is 13.5. The Bertz CT molecular complexity index is 877. The maximum absolute atomic E-state index is 13.4. The van der Waals surface area contributed by atoms with Crippen LogP contribution in [-0.4, -0.2) is 21.0 Å². The van der Waals surface area contributed by atoms with Crippen molar-refractivity contribution in [3.63, 3.8) is 0 Å². The topological polar surface area (TPSA) is 66.0 Å². The zero-order valence-corrected chi connectivity index (χ0v) is 11.1. The van der Waals surface area contributed by atoms with Crippen molar-refractivity contribution in [3.05, 3.63) is 52.6 Å². The number of carboxylic acids is 1. The molecule has 2 N–H and O–H groups in total. The van der Waals surface area contributed by atoms with Gasteiger partial charge in [0.1, 0.15) is 23.0 Å². The van der Waals surface area contributed by atoms with Crippen molar-refractivity contribution in [3.8, 4) is 11.4 Å². The van der Waals surface area contributed by atoms with Gasteiger partial charge in [-0.1, -0.05) is 11.6 Å². The smallest absolute Gasteiger partial charge is 0.338 e. The molecule has 3 aromatic rings. The summed E-state index contributed by atoms with van der Waals surface area (Å²) in [6, 6.07) is 5.75. The molecule has 0 aliphatic carbocycles. The van der Waals surface area contributed by atoms with Crippen LogP contribution >= 0.6 is 11.6 Å². The Hall–Kier alpha value is -2.47. The average Bonchev–Trinajstić information content (AvgIpc) is 2.80. The van der Waals surface area contributed by atoms with Crippen LogP contribution in [0.1, 0.15) is 10.4 Å². The van der Waals surface area contributed by atoms with Gasteiger partial charge in [-0.25, -0.2) is 18.6 Å². The Labute approximate surface area is 122 Å². The van der Waals surface area contributed by atoms with Gasteiger partial charge in [0.05, 0.1) is 16.1 Å². The van der Waals surface area contributed by atoms with Crippen molar-refractivity contribution >= 4 is 28.6 Å². The van der Waals surface area contributed by atoms with Gasteiger partial charge in [-0.2, -0.15) is 0 Å². The van der Waals surface area contributed by atoms with Crippen molar-refractivity contribution in [2.45, 2.75) is 0 Å². The first-order valence-corrected chi connectivity index (χ1v) is 6.21. The number of aromatic amines is 1. The molecule has 7 heteroatoms. The molecule has 2 aromatic carbocycles. The van der Waals surface area contributed by atoms with Crippen LogP contribution in [0.3, 0.4) is 0 Å². The zero-order chi connectivity index (χ0) is 15.1. The predicted molar refractivity (Wildman–Crippen MR) is 73.4 cm³/mol. The van der Waals surface area contributed by atoms with Crippen molar-refractivity contribution in [1.82, 2.24) is 9.97 Å². The lowest BCUT2D eigenvalue weighted by Crippen LogP contribution is -1.98. The number of carboxylic acid groups (broad SMARTS) is 1. The second-order valence-electron chi connectivity index (χ2n) is 4.36. The van der Waals surface area contributed by atoms with Crippen LogP contribution in [0.5, 0.6) is 0 Å². The lowest BCUT2D eigenvalue weighted by Gasteiger charge is -1.99. The van der Waals surface area contributed by atoms with Gasteiger partial charge in [-0.3, -0.25) is 0 Å². The number of imidazole rings is 1. The second-order valence-corrected chi connectivity index (χ2v) is 4.77. The van der Waals surface area contributed by atoms with Crippen molar-refractivity contribution in [2.24, 2.45) is 0 Å². The number of benzene rings is 2. The molecule has 0 amide bonds. The van der Waals surface area contributed by atoms with Gasteiger partial charge in [0.2, 0.25) is 0 Å². The SMILES string of the molecule is O=C(O)c1cc(F)cc2[nH]c(-c3ccc(F)cc3Cl)nc12. The molecule has 0 unspecified atom stereocenters. The standard InChI is InChI=1S/C14H7ClF2N2O2/c15-10-4-6(16)1-2-8(10)13-18-11-5-7(17)3-9(14(20)21)12(11)19-13/h1-5H,(H,18,19)(H,20,21). The minimum atomic E-state index is -1.29. The summed E-state index contributed by atoms with van der Waals surface area (Å²) in [6.45, 7) is 0. The highest BCUT2D eigenvalue weighted by molar-refractivity contribution is 6.33.